The number of amides is 2. The van der Waals surface area contributed by atoms with Crippen molar-refractivity contribution in [3.05, 3.63) is 65.7 Å². The van der Waals surface area contributed by atoms with Crippen molar-refractivity contribution in [3.63, 3.8) is 0 Å². The molecular formula is C20H24N2O3S. The maximum atomic E-state index is 12.8. The van der Waals surface area contributed by atoms with Crippen molar-refractivity contribution in [1.82, 2.24) is 10.4 Å². The summed E-state index contributed by atoms with van der Waals surface area (Å²) in [5.74, 6) is 0.644. The smallest absolute Gasteiger partial charge is 0.272 e. The van der Waals surface area contributed by atoms with Crippen LogP contribution in [-0.2, 0) is 0 Å². The van der Waals surface area contributed by atoms with Crippen molar-refractivity contribution in [3.8, 4) is 5.75 Å². The predicted octanol–water partition coefficient (Wildman–Crippen LogP) is 3.97. The highest BCUT2D eigenvalue weighted by atomic mass is 32.2. The number of rotatable bonds is 5. The standard InChI is InChI=1S/C20H24N2O3S/c1-20(2,3)22(19(24)16-8-6-5-7-9-16)21-18(23)15-10-12-17(13-11-15)25-14-26-4/h5-13H,14H2,1-4H3,(H,21,23). The number of nitrogens with zero attached hydrogens (tertiary/aromatic N) is 1. The van der Waals surface area contributed by atoms with Gasteiger partial charge in [0.15, 0.2) is 0 Å². The molecule has 0 fully saturated rings. The topological polar surface area (TPSA) is 58.6 Å². The first-order valence-electron chi connectivity index (χ1n) is 8.25. The molecule has 0 unspecified atom stereocenters. The maximum Gasteiger partial charge on any atom is 0.272 e. The van der Waals surface area contributed by atoms with Crippen LogP contribution in [0.25, 0.3) is 0 Å². The average molecular weight is 372 g/mol. The molecule has 0 saturated heterocycles. The van der Waals surface area contributed by atoms with Crippen LogP contribution in [0.5, 0.6) is 5.75 Å². The van der Waals surface area contributed by atoms with Crippen LogP contribution in [0.15, 0.2) is 54.6 Å². The number of hydrogen-bond acceptors (Lipinski definition) is 4. The van der Waals surface area contributed by atoms with Crippen LogP contribution in [0, 0.1) is 0 Å². The lowest BCUT2D eigenvalue weighted by Gasteiger charge is -2.35. The Labute approximate surface area is 158 Å². The highest BCUT2D eigenvalue weighted by Gasteiger charge is 2.29. The van der Waals surface area contributed by atoms with E-state index in [4.69, 9.17) is 4.74 Å². The third kappa shape index (κ3) is 5.26. The van der Waals surface area contributed by atoms with E-state index in [1.807, 2.05) is 33.1 Å². The average Bonchev–Trinajstić information content (AvgIpc) is 2.64. The summed E-state index contributed by atoms with van der Waals surface area (Å²) in [5, 5.41) is 1.36. The molecule has 26 heavy (non-hydrogen) atoms. The SMILES string of the molecule is CSCOc1ccc(C(=O)NN(C(=O)c2ccccc2)C(C)(C)C)cc1. The molecule has 1 N–H and O–H groups in total. The molecule has 2 rings (SSSR count). The van der Waals surface area contributed by atoms with Crippen LogP contribution >= 0.6 is 11.8 Å². The van der Waals surface area contributed by atoms with Crippen molar-refractivity contribution in [2.75, 3.05) is 12.2 Å². The summed E-state index contributed by atoms with van der Waals surface area (Å²) in [6.45, 7) is 5.61. The third-order valence-electron chi connectivity index (χ3n) is 3.57. The quantitative estimate of drug-likeness (QED) is 0.637. The Hall–Kier alpha value is -2.47. The Morgan fingerprint density at radius 3 is 2.15 bits per heavy atom. The zero-order valence-electron chi connectivity index (χ0n) is 15.5. The first kappa shape index (κ1) is 19.8. The molecule has 6 heteroatoms. The molecule has 0 aromatic heterocycles. The van der Waals surface area contributed by atoms with Crippen LogP contribution in [0.4, 0.5) is 0 Å². The van der Waals surface area contributed by atoms with Gasteiger partial charge < -0.3 is 4.74 Å². The van der Waals surface area contributed by atoms with Crippen molar-refractivity contribution in [2.24, 2.45) is 0 Å². The molecule has 0 aliphatic carbocycles. The van der Waals surface area contributed by atoms with Gasteiger partial charge >= 0.3 is 0 Å². The number of ether oxygens (including phenoxy) is 1. The van der Waals surface area contributed by atoms with E-state index in [1.165, 1.54) is 5.01 Å². The van der Waals surface area contributed by atoms with Gasteiger partial charge in [-0.15, -0.1) is 11.8 Å². The zero-order valence-corrected chi connectivity index (χ0v) is 16.3. The van der Waals surface area contributed by atoms with Gasteiger partial charge in [-0.25, -0.2) is 5.01 Å². The largest absolute Gasteiger partial charge is 0.483 e. The minimum atomic E-state index is -0.579. The number of carbonyl (C=O) groups is 2. The molecule has 0 aliphatic heterocycles. The maximum absolute atomic E-state index is 12.8. The van der Waals surface area contributed by atoms with E-state index in [2.05, 4.69) is 5.43 Å². The highest BCUT2D eigenvalue weighted by Crippen LogP contribution is 2.17. The van der Waals surface area contributed by atoms with Crippen LogP contribution in [0.3, 0.4) is 0 Å². The molecule has 5 nitrogen and oxygen atoms in total. The minimum Gasteiger partial charge on any atom is -0.483 e. The highest BCUT2D eigenvalue weighted by molar-refractivity contribution is 7.98. The van der Waals surface area contributed by atoms with Gasteiger partial charge in [0.2, 0.25) is 0 Å². The fourth-order valence-electron chi connectivity index (χ4n) is 2.23. The van der Waals surface area contributed by atoms with Gasteiger partial charge in [-0.2, -0.15) is 0 Å². The van der Waals surface area contributed by atoms with Gasteiger partial charge in [0.05, 0.1) is 5.54 Å². The number of benzene rings is 2. The van der Waals surface area contributed by atoms with Crippen molar-refractivity contribution in [1.29, 1.82) is 0 Å². The van der Waals surface area contributed by atoms with Gasteiger partial charge in [-0.1, -0.05) is 18.2 Å². The van der Waals surface area contributed by atoms with Gasteiger partial charge in [-0.3, -0.25) is 15.0 Å². The molecule has 0 aliphatic rings. The van der Waals surface area contributed by atoms with Crippen LogP contribution in [0.1, 0.15) is 41.5 Å². The Morgan fingerprint density at radius 2 is 1.62 bits per heavy atom. The molecule has 2 aromatic carbocycles. The molecule has 0 heterocycles. The predicted molar refractivity (Wildman–Crippen MR) is 105 cm³/mol. The lowest BCUT2D eigenvalue weighted by atomic mass is 10.1. The minimum absolute atomic E-state index is 0.258. The van der Waals surface area contributed by atoms with E-state index in [1.54, 1.807) is 60.3 Å². The van der Waals surface area contributed by atoms with Gasteiger partial charge in [0.1, 0.15) is 11.7 Å². The summed E-state index contributed by atoms with van der Waals surface area (Å²) >= 11 is 1.57. The second-order valence-corrected chi connectivity index (χ2v) is 7.51. The summed E-state index contributed by atoms with van der Waals surface area (Å²) in [6, 6.07) is 15.7. The summed E-state index contributed by atoms with van der Waals surface area (Å²) < 4.78 is 5.49. The van der Waals surface area contributed by atoms with Crippen LogP contribution in [-0.4, -0.2) is 34.6 Å². The molecule has 0 bridgehead atoms. The number of hydrogen-bond donors (Lipinski definition) is 1. The molecular weight excluding hydrogens is 348 g/mol. The molecule has 2 aromatic rings. The van der Waals surface area contributed by atoms with E-state index in [-0.39, 0.29) is 11.8 Å². The monoisotopic (exact) mass is 372 g/mol. The van der Waals surface area contributed by atoms with E-state index < -0.39 is 5.54 Å². The Kier molecular flexibility index (Phi) is 6.69. The Bertz CT molecular complexity index is 740. The third-order valence-corrected chi connectivity index (χ3v) is 3.92. The van der Waals surface area contributed by atoms with Crippen molar-refractivity contribution in [2.45, 2.75) is 26.3 Å². The lowest BCUT2D eigenvalue weighted by molar-refractivity contribution is 0.0358. The van der Waals surface area contributed by atoms with Crippen molar-refractivity contribution >= 4 is 23.6 Å². The zero-order chi connectivity index (χ0) is 19.2. The Morgan fingerprint density at radius 1 is 1.00 bits per heavy atom. The lowest BCUT2D eigenvalue weighted by Crippen LogP contribution is -2.55. The number of nitrogens with one attached hydrogen (secondary N) is 1. The first-order valence-corrected chi connectivity index (χ1v) is 9.64. The van der Waals surface area contributed by atoms with Crippen LogP contribution in [0.2, 0.25) is 0 Å². The molecule has 2 amide bonds. The summed E-state index contributed by atoms with van der Waals surface area (Å²) in [5.41, 5.74) is 3.13. The fraction of sp³-hybridized carbons (Fsp3) is 0.300. The normalized spacial score (nSPS) is 10.9. The molecule has 0 radical (unpaired) electrons. The molecule has 0 atom stereocenters. The van der Waals surface area contributed by atoms with E-state index in [0.717, 1.165) is 0 Å². The summed E-state index contributed by atoms with van der Waals surface area (Å²) in [6.07, 6.45) is 1.95. The summed E-state index contributed by atoms with van der Waals surface area (Å²) in [4.78, 5) is 25.4. The second-order valence-electron chi connectivity index (χ2n) is 6.69. The number of hydrazine groups is 1. The Balaban J connectivity index is 2.15. The number of carbonyl (C=O) groups excluding carboxylic acids is 2. The van der Waals surface area contributed by atoms with Crippen molar-refractivity contribution < 1.29 is 14.3 Å². The second kappa shape index (κ2) is 8.76. The van der Waals surface area contributed by atoms with Gasteiger partial charge in [0, 0.05) is 11.1 Å². The van der Waals surface area contributed by atoms with Gasteiger partial charge in [-0.05, 0) is 63.4 Å². The van der Waals surface area contributed by atoms with E-state index >= 15 is 0 Å². The summed E-state index contributed by atoms with van der Waals surface area (Å²) in [7, 11) is 0. The van der Waals surface area contributed by atoms with E-state index in [9.17, 15) is 9.59 Å². The molecule has 0 spiro atoms. The first-order chi connectivity index (χ1) is 12.3. The van der Waals surface area contributed by atoms with E-state index in [0.29, 0.717) is 22.8 Å². The number of thioether (sulfide) groups is 1. The molecule has 0 saturated carbocycles. The van der Waals surface area contributed by atoms with Gasteiger partial charge in [0.25, 0.3) is 11.8 Å². The fourth-order valence-corrected chi connectivity index (χ4v) is 2.48. The van der Waals surface area contributed by atoms with Crippen LogP contribution < -0.4 is 10.2 Å². The molecule has 138 valence electrons.